The summed E-state index contributed by atoms with van der Waals surface area (Å²) in [4.78, 5) is 16.0. The second kappa shape index (κ2) is 7.82. The Morgan fingerprint density at radius 2 is 2.00 bits per heavy atom. The third-order valence-corrected chi connectivity index (χ3v) is 5.59. The third-order valence-electron chi connectivity index (χ3n) is 3.38. The molecule has 0 saturated carbocycles. The quantitative estimate of drug-likeness (QED) is 0.597. The Balaban J connectivity index is 1.61. The van der Waals surface area contributed by atoms with Gasteiger partial charge in [0, 0.05) is 18.9 Å². The maximum Gasteiger partial charge on any atom is 0.286 e. The van der Waals surface area contributed by atoms with Crippen LogP contribution in [0.25, 0.3) is 0 Å². The largest absolute Gasteiger partial charge is 0.497 e. The molecule has 0 saturated heterocycles. The molecule has 3 aromatic rings. The molecule has 2 N–H and O–H groups in total. The van der Waals surface area contributed by atoms with Crippen molar-refractivity contribution < 1.29 is 17.9 Å². The van der Waals surface area contributed by atoms with Gasteiger partial charge in [-0.2, -0.15) is 0 Å². The van der Waals surface area contributed by atoms with E-state index in [1.165, 1.54) is 17.1 Å². The lowest BCUT2D eigenvalue weighted by Crippen LogP contribution is -2.23. The summed E-state index contributed by atoms with van der Waals surface area (Å²) in [5.41, 5.74) is 0.577. The Kier molecular flexibility index (Phi) is 5.48. The average molecular weight is 408 g/mol. The van der Waals surface area contributed by atoms with Gasteiger partial charge in [-0.25, -0.2) is 18.1 Å². The minimum absolute atomic E-state index is 0.0908. The Bertz CT molecular complexity index is 1040. The molecular weight excluding hydrogens is 392 g/mol. The standard InChI is InChI=1S/C15H16N6O4S2/c1-21-8-13(16-9-21)27(23,24)17-7-12-19-20-15(26-12)14(22)18-10-3-5-11(25-2)6-4-10/h3-6,8-9,17H,7H2,1-2H3,(H,18,22). The lowest BCUT2D eigenvalue weighted by Gasteiger charge is -2.04. The van der Waals surface area contributed by atoms with Crippen LogP contribution in [-0.4, -0.2) is 41.2 Å². The van der Waals surface area contributed by atoms with Crippen LogP contribution >= 0.6 is 11.3 Å². The minimum atomic E-state index is -3.76. The lowest BCUT2D eigenvalue weighted by atomic mass is 10.3. The number of aromatic nitrogens is 4. The van der Waals surface area contributed by atoms with Crippen LogP contribution in [0.5, 0.6) is 5.75 Å². The first-order valence-corrected chi connectivity index (χ1v) is 9.93. The van der Waals surface area contributed by atoms with E-state index in [0.717, 1.165) is 11.3 Å². The van der Waals surface area contributed by atoms with Crippen LogP contribution < -0.4 is 14.8 Å². The van der Waals surface area contributed by atoms with Crippen LogP contribution in [0.1, 0.15) is 14.8 Å². The van der Waals surface area contributed by atoms with Crippen molar-refractivity contribution in [2.24, 2.45) is 7.05 Å². The topological polar surface area (TPSA) is 128 Å². The summed E-state index contributed by atoms with van der Waals surface area (Å²) in [5, 5.41) is 10.7. The van der Waals surface area contributed by atoms with Gasteiger partial charge in [-0.15, -0.1) is 10.2 Å². The molecule has 2 aromatic heterocycles. The SMILES string of the molecule is COc1ccc(NC(=O)c2nnc(CNS(=O)(=O)c3cn(C)cn3)s2)cc1. The molecule has 142 valence electrons. The molecular formula is C15H16N6O4S2. The van der Waals surface area contributed by atoms with Crippen molar-refractivity contribution in [1.29, 1.82) is 0 Å². The fraction of sp³-hybridized carbons (Fsp3) is 0.200. The van der Waals surface area contributed by atoms with Crippen LogP contribution in [0.3, 0.4) is 0 Å². The first kappa shape index (κ1) is 18.9. The van der Waals surface area contributed by atoms with E-state index in [4.69, 9.17) is 4.74 Å². The number of hydrogen-bond donors (Lipinski definition) is 2. The first-order chi connectivity index (χ1) is 12.9. The molecule has 0 radical (unpaired) electrons. The Morgan fingerprint density at radius 1 is 1.26 bits per heavy atom. The summed E-state index contributed by atoms with van der Waals surface area (Å²) >= 11 is 0.997. The van der Waals surface area contributed by atoms with Gasteiger partial charge in [0.2, 0.25) is 5.01 Å². The number of anilines is 1. The number of carbonyl (C=O) groups excluding carboxylic acids is 1. The molecule has 27 heavy (non-hydrogen) atoms. The molecule has 10 nitrogen and oxygen atoms in total. The van der Waals surface area contributed by atoms with Crippen molar-refractivity contribution in [3.05, 3.63) is 46.8 Å². The summed E-state index contributed by atoms with van der Waals surface area (Å²) < 4.78 is 33.2. The minimum Gasteiger partial charge on any atom is -0.497 e. The van der Waals surface area contributed by atoms with Crippen LogP contribution in [-0.2, 0) is 23.6 Å². The number of carbonyl (C=O) groups is 1. The molecule has 0 aliphatic rings. The molecule has 0 aliphatic heterocycles. The molecule has 1 aromatic carbocycles. The van der Waals surface area contributed by atoms with E-state index in [9.17, 15) is 13.2 Å². The predicted octanol–water partition coefficient (Wildman–Crippen LogP) is 1.01. The molecule has 1 amide bonds. The van der Waals surface area contributed by atoms with Crippen molar-refractivity contribution in [3.8, 4) is 5.75 Å². The smallest absolute Gasteiger partial charge is 0.286 e. The van der Waals surface area contributed by atoms with Crippen LogP contribution in [0, 0.1) is 0 Å². The fourth-order valence-corrected chi connectivity index (χ4v) is 3.77. The zero-order valence-corrected chi connectivity index (χ0v) is 16.0. The number of methoxy groups -OCH3 is 1. The van der Waals surface area contributed by atoms with E-state index in [2.05, 4.69) is 25.2 Å². The molecule has 0 fully saturated rings. The first-order valence-electron chi connectivity index (χ1n) is 7.63. The van der Waals surface area contributed by atoms with Crippen molar-refractivity contribution in [2.75, 3.05) is 12.4 Å². The number of sulfonamides is 1. The second-order valence-electron chi connectivity index (χ2n) is 5.39. The highest BCUT2D eigenvalue weighted by Crippen LogP contribution is 2.17. The number of nitrogens with zero attached hydrogens (tertiary/aromatic N) is 4. The number of benzene rings is 1. The summed E-state index contributed by atoms with van der Waals surface area (Å²) in [6, 6.07) is 6.82. The summed E-state index contributed by atoms with van der Waals surface area (Å²) in [6.07, 6.45) is 2.78. The van der Waals surface area contributed by atoms with Crippen LogP contribution in [0.15, 0.2) is 41.8 Å². The van der Waals surface area contributed by atoms with Crippen molar-refractivity contribution in [2.45, 2.75) is 11.6 Å². The number of amides is 1. The molecule has 0 aliphatic carbocycles. The number of imidazole rings is 1. The van der Waals surface area contributed by atoms with Gasteiger partial charge in [-0.1, -0.05) is 11.3 Å². The fourth-order valence-electron chi connectivity index (χ4n) is 2.03. The molecule has 0 spiro atoms. The number of ether oxygens (including phenoxy) is 1. The predicted molar refractivity (Wildman–Crippen MR) is 98.1 cm³/mol. The summed E-state index contributed by atoms with van der Waals surface area (Å²) in [7, 11) is -0.534. The van der Waals surface area contributed by atoms with Crippen LogP contribution in [0.2, 0.25) is 0 Å². The van der Waals surface area contributed by atoms with Crippen molar-refractivity contribution in [3.63, 3.8) is 0 Å². The van der Waals surface area contributed by atoms with Gasteiger partial charge in [-0.05, 0) is 24.3 Å². The highest BCUT2D eigenvalue weighted by molar-refractivity contribution is 7.89. The van der Waals surface area contributed by atoms with Gasteiger partial charge in [0.25, 0.3) is 15.9 Å². The zero-order valence-electron chi connectivity index (χ0n) is 14.4. The zero-order chi connectivity index (χ0) is 19.4. The summed E-state index contributed by atoms with van der Waals surface area (Å²) in [5.74, 6) is 0.239. The van der Waals surface area contributed by atoms with Gasteiger partial charge in [0.1, 0.15) is 10.8 Å². The normalized spacial score (nSPS) is 11.3. The van der Waals surface area contributed by atoms with E-state index >= 15 is 0 Å². The maximum atomic E-state index is 12.2. The Labute approximate surface area is 159 Å². The maximum absolute atomic E-state index is 12.2. The van der Waals surface area contributed by atoms with Gasteiger partial charge in [-0.3, -0.25) is 4.79 Å². The molecule has 0 bridgehead atoms. The Hall–Kier alpha value is -2.83. The highest BCUT2D eigenvalue weighted by atomic mass is 32.2. The van der Waals surface area contributed by atoms with Crippen molar-refractivity contribution in [1.82, 2.24) is 24.5 Å². The van der Waals surface area contributed by atoms with Gasteiger partial charge < -0.3 is 14.6 Å². The molecule has 0 unspecified atom stereocenters. The van der Waals surface area contributed by atoms with E-state index in [-0.39, 0.29) is 16.6 Å². The van der Waals surface area contributed by atoms with Crippen LogP contribution in [0.4, 0.5) is 5.69 Å². The monoisotopic (exact) mass is 408 g/mol. The molecule has 0 atom stereocenters. The van der Waals surface area contributed by atoms with Crippen molar-refractivity contribution >= 4 is 33.0 Å². The number of aryl methyl sites for hydroxylation is 1. The highest BCUT2D eigenvalue weighted by Gasteiger charge is 2.19. The lowest BCUT2D eigenvalue weighted by molar-refractivity contribution is 0.102. The van der Waals surface area contributed by atoms with E-state index in [0.29, 0.717) is 16.4 Å². The van der Waals surface area contributed by atoms with E-state index < -0.39 is 15.9 Å². The van der Waals surface area contributed by atoms with Gasteiger partial charge >= 0.3 is 0 Å². The molecule has 2 heterocycles. The number of rotatable bonds is 7. The van der Waals surface area contributed by atoms with E-state index in [1.54, 1.807) is 38.4 Å². The van der Waals surface area contributed by atoms with Gasteiger partial charge in [0.15, 0.2) is 5.03 Å². The number of hydrogen-bond acceptors (Lipinski definition) is 8. The van der Waals surface area contributed by atoms with E-state index in [1.807, 2.05) is 0 Å². The average Bonchev–Trinajstić information content (AvgIpc) is 3.30. The molecule has 12 heteroatoms. The Morgan fingerprint density at radius 3 is 2.63 bits per heavy atom. The second-order valence-corrected chi connectivity index (χ2v) is 8.16. The number of nitrogens with one attached hydrogen (secondary N) is 2. The van der Waals surface area contributed by atoms with Gasteiger partial charge in [0.05, 0.1) is 20.0 Å². The molecule has 3 rings (SSSR count). The summed E-state index contributed by atoms with van der Waals surface area (Å²) in [6.45, 7) is -0.0909. The third kappa shape index (κ3) is 4.67.